The van der Waals surface area contributed by atoms with E-state index in [2.05, 4.69) is 0 Å². The molecule has 1 heterocycles. The van der Waals surface area contributed by atoms with Gasteiger partial charge in [0, 0.05) is 0 Å². The fourth-order valence-corrected chi connectivity index (χ4v) is 2.60. The molecule has 0 amide bonds. The minimum Gasteiger partial charge on any atom is -0.486 e. The number of fused-ring (bicyclic) bond motifs is 1. The van der Waals surface area contributed by atoms with E-state index in [1.807, 2.05) is 31.2 Å². The van der Waals surface area contributed by atoms with Gasteiger partial charge in [0.1, 0.15) is 25.6 Å². The van der Waals surface area contributed by atoms with Crippen molar-refractivity contribution < 1.29 is 23.7 Å². The van der Waals surface area contributed by atoms with Gasteiger partial charge >= 0.3 is 5.97 Å². The second kappa shape index (κ2) is 7.45. The Labute approximate surface area is 145 Å². The highest BCUT2D eigenvalue weighted by Crippen LogP contribution is 2.38. The Balaban J connectivity index is 1.55. The van der Waals surface area contributed by atoms with Crippen molar-refractivity contribution in [1.82, 2.24) is 0 Å². The monoisotopic (exact) mass is 348 g/mol. The molecule has 0 atom stereocenters. The molecule has 1 aliphatic heterocycles. The summed E-state index contributed by atoms with van der Waals surface area (Å²) in [5.41, 5.74) is 1.69. The van der Waals surface area contributed by atoms with Crippen LogP contribution in [0.1, 0.15) is 11.1 Å². The number of para-hydroxylation sites is 1. The number of carbonyl (C=O) groups excluding carboxylic acids is 1. The number of ether oxygens (including phenoxy) is 4. The zero-order chi connectivity index (χ0) is 16.9. The molecule has 0 aromatic heterocycles. The number of hydrogen-bond donors (Lipinski definition) is 0. The van der Waals surface area contributed by atoms with E-state index in [1.165, 1.54) is 0 Å². The van der Waals surface area contributed by atoms with Crippen molar-refractivity contribution in [2.24, 2.45) is 0 Å². The van der Waals surface area contributed by atoms with Gasteiger partial charge in [0.2, 0.25) is 0 Å². The largest absolute Gasteiger partial charge is 0.486 e. The Morgan fingerprint density at radius 3 is 2.83 bits per heavy atom. The van der Waals surface area contributed by atoms with Crippen LogP contribution in [0.2, 0.25) is 5.02 Å². The summed E-state index contributed by atoms with van der Waals surface area (Å²) in [4.78, 5) is 11.8. The van der Waals surface area contributed by atoms with Crippen LogP contribution in [0, 0.1) is 6.92 Å². The highest BCUT2D eigenvalue weighted by atomic mass is 35.5. The van der Waals surface area contributed by atoms with E-state index in [1.54, 1.807) is 12.1 Å². The molecule has 2 aromatic carbocycles. The summed E-state index contributed by atoms with van der Waals surface area (Å²) in [5, 5.41) is 0.439. The molecule has 24 heavy (non-hydrogen) atoms. The summed E-state index contributed by atoms with van der Waals surface area (Å²) < 4.78 is 21.6. The van der Waals surface area contributed by atoms with Gasteiger partial charge in [-0.3, -0.25) is 0 Å². The van der Waals surface area contributed by atoms with Gasteiger partial charge in [0.15, 0.2) is 18.1 Å². The Morgan fingerprint density at radius 2 is 2.00 bits per heavy atom. The summed E-state index contributed by atoms with van der Waals surface area (Å²) in [6.07, 6.45) is 0. The molecule has 1 aliphatic rings. The summed E-state index contributed by atoms with van der Waals surface area (Å²) in [7, 11) is 0. The predicted molar refractivity (Wildman–Crippen MR) is 88.9 cm³/mol. The average molecular weight is 349 g/mol. The fraction of sp³-hybridized carbons (Fsp3) is 0.278. The van der Waals surface area contributed by atoms with Gasteiger partial charge in [-0.15, -0.1) is 0 Å². The first-order valence-corrected chi connectivity index (χ1v) is 7.93. The van der Waals surface area contributed by atoms with Crippen LogP contribution in [-0.2, 0) is 16.1 Å². The molecule has 3 rings (SSSR count). The molecule has 0 saturated carbocycles. The maximum absolute atomic E-state index is 11.8. The molecule has 0 N–H and O–H groups in total. The smallest absolute Gasteiger partial charge is 0.344 e. The van der Waals surface area contributed by atoms with Crippen LogP contribution in [-0.4, -0.2) is 25.8 Å². The first kappa shape index (κ1) is 16.5. The molecule has 2 aromatic rings. The molecular weight excluding hydrogens is 332 g/mol. The Kier molecular flexibility index (Phi) is 5.11. The first-order chi connectivity index (χ1) is 11.6. The van der Waals surface area contributed by atoms with Crippen LogP contribution in [0.15, 0.2) is 36.4 Å². The van der Waals surface area contributed by atoms with E-state index in [0.29, 0.717) is 35.5 Å². The molecule has 5 nitrogen and oxygen atoms in total. The maximum Gasteiger partial charge on any atom is 0.344 e. The lowest BCUT2D eigenvalue weighted by molar-refractivity contribution is -0.147. The SMILES string of the molecule is Cc1ccccc1OCC(=O)OCc1cc(Cl)c2c(c1)OCCO2. The minimum atomic E-state index is -0.454. The second-order valence-corrected chi connectivity index (χ2v) is 5.72. The van der Waals surface area contributed by atoms with E-state index < -0.39 is 5.97 Å². The topological polar surface area (TPSA) is 54.0 Å². The van der Waals surface area contributed by atoms with Gasteiger partial charge in [0.05, 0.1) is 5.02 Å². The molecule has 126 valence electrons. The van der Waals surface area contributed by atoms with Crippen LogP contribution in [0.5, 0.6) is 17.2 Å². The molecular formula is C18H17ClO5. The van der Waals surface area contributed by atoms with Crippen LogP contribution in [0.4, 0.5) is 0 Å². The van der Waals surface area contributed by atoms with E-state index >= 15 is 0 Å². The zero-order valence-corrected chi connectivity index (χ0v) is 14.0. The van der Waals surface area contributed by atoms with Gasteiger partial charge in [-0.1, -0.05) is 29.8 Å². The third-order valence-corrected chi connectivity index (χ3v) is 3.78. The number of aryl methyl sites for hydroxylation is 1. The highest BCUT2D eigenvalue weighted by Gasteiger charge is 2.17. The summed E-state index contributed by atoms with van der Waals surface area (Å²) in [5.74, 6) is 1.30. The van der Waals surface area contributed by atoms with Gasteiger partial charge in [-0.25, -0.2) is 4.79 Å². The van der Waals surface area contributed by atoms with E-state index in [4.69, 9.17) is 30.5 Å². The first-order valence-electron chi connectivity index (χ1n) is 7.55. The van der Waals surface area contributed by atoms with Crippen molar-refractivity contribution in [3.05, 3.63) is 52.5 Å². The molecule has 0 aliphatic carbocycles. The van der Waals surface area contributed by atoms with Crippen LogP contribution in [0.25, 0.3) is 0 Å². The van der Waals surface area contributed by atoms with Gasteiger partial charge in [-0.2, -0.15) is 0 Å². The number of benzene rings is 2. The number of rotatable bonds is 5. The van der Waals surface area contributed by atoms with Gasteiger partial charge in [0.25, 0.3) is 0 Å². The molecule has 0 fully saturated rings. The van der Waals surface area contributed by atoms with Crippen molar-refractivity contribution in [2.45, 2.75) is 13.5 Å². The van der Waals surface area contributed by atoms with Gasteiger partial charge < -0.3 is 18.9 Å². The molecule has 0 spiro atoms. The number of carbonyl (C=O) groups is 1. The Bertz CT molecular complexity index is 744. The molecule has 0 saturated heterocycles. The van der Waals surface area contributed by atoms with Crippen molar-refractivity contribution in [3.63, 3.8) is 0 Å². The quantitative estimate of drug-likeness (QED) is 0.773. The van der Waals surface area contributed by atoms with Crippen molar-refractivity contribution in [1.29, 1.82) is 0 Å². The third kappa shape index (κ3) is 3.92. The van der Waals surface area contributed by atoms with E-state index in [9.17, 15) is 4.79 Å². The predicted octanol–water partition coefficient (Wildman–Crippen LogP) is 3.54. The standard InChI is InChI=1S/C18H17ClO5/c1-12-4-2-3-5-15(12)23-11-17(20)24-10-13-8-14(19)18-16(9-13)21-6-7-22-18/h2-5,8-9H,6-7,10-11H2,1H3. The lowest BCUT2D eigenvalue weighted by atomic mass is 10.2. The van der Waals surface area contributed by atoms with Crippen LogP contribution < -0.4 is 14.2 Å². The number of halogens is 1. The van der Waals surface area contributed by atoms with Crippen LogP contribution in [0.3, 0.4) is 0 Å². The Hall–Kier alpha value is -2.40. The van der Waals surface area contributed by atoms with Crippen molar-refractivity contribution in [3.8, 4) is 17.2 Å². The van der Waals surface area contributed by atoms with Crippen molar-refractivity contribution in [2.75, 3.05) is 19.8 Å². The molecule has 0 bridgehead atoms. The third-order valence-electron chi connectivity index (χ3n) is 3.50. The molecule has 0 unspecified atom stereocenters. The van der Waals surface area contributed by atoms with E-state index in [-0.39, 0.29) is 13.2 Å². The zero-order valence-electron chi connectivity index (χ0n) is 13.2. The minimum absolute atomic E-state index is 0.0896. The van der Waals surface area contributed by atoms with Crippen molar-refractivity contribution >= 4 is 17.6 Å². The maximum atomic E-state index is 11.8. The van der Waals surface area contributed by atoms with Gasteiger partial charge in [-0.05, 0) is 36.2 Å². The second-order valence-electron chi connectivity index (χ2n) is 5.32. The average Bonchev–Trinajstić information content (AvgIpc) is 2.59. The summed E-state index contributed by atoms with van der Waals surface area (Å²) in [6.45, 7) is 2.79. The van der Waals surface area contributed by atoms with Crippen LogP contribution >= 0.6 is 11.6 Å². The normalized spacial score (nSPS) is 12.6. The highest BCUT2D eigenvalue weighted by molar-refractivity contribution is 6.32. The number of esters is 1. The lowest BCUT2D eigenvalue weighted by Crippen LogP contribution is -2.17. The Morgan fingerprint density at radius 1 is 1.21 bits per heavy atom. The lowest BCUT2D eigenvalue weighted by Gasteiger charge is -2.20. The number of hydrogen-bond acceptors (Lipinski definition) is 5. The molecule has 0 radical (unpaired) electrons. The summed E-state index contributed by atoms with van der Waals surface area (Å²) >= 11 is 6.15. The van der Waals surface area contributed by atoms with E-state index in [0.717, 1.165) is 11.1 Å². The summed E-state index contributed by atoms with van der Waals surface area (Å²) in [6, 6.07) is 10.9. The fourth-order valence-electron chi connectivity index (χ4n) is 2.31. The molecule has 6 heteroatoms.